The molecule has 1 heterocycles. The van der Waals surface area contributed by atoms with E-state index in [2.05, 4.69) is 29.6 Å². The predicted octanol–water partition coefficient (Wildman–Crippen LogP) is 1.69. The first-order chi connectivity index (χ1) is 5.47. The lowest BCUT2D eigenvalue weighted by molar-refractivity contribution is 0.712. The molecule has 1 aliphatic heterocycles. The Kier molecular flexibility index (Phi) is 1.74. The Hall–Kier alpha value is -1.08. The minimum Gasteiger partial charge on any atom is -0.303 e. The van der Waals surface area contributed by atoms with E-state index < -0.39 is 0 Å². The monoisotopic (exact) mass is 144 g/mol. The number of hydrogen-bond acceptors (Lipinski definition) is 1. The summed E-state index contributed by atoms with van der Waals surface area (Å²) in [5, 5.41) is 3.33. The topological polar surface area (TPSA) is 12.0 Å². The van der Waals surface area contributed by atoms with Crippen LogP contribution in [-0.4, -0.2) is 6.54 Å². The second kappa shape index (κ2) is 2.89. The van der Waals surface area contributed by atoms with Gasteiger partial charge in [-0.2, -0.15) is 0 Å². The SMILES string of the molecule is [c]1ccccc1C1C=CCN1. The summed E-state index contributed by atoms with van der Waals surface area (Å²) in [6, 6.07) is 11.6. The van der Waals surface area contributed by atoms with E-state index in [4.69, 9.17) is 0 Å². The van der Waals surface area contributed by atoms with Gasteiger partial charge in [0, 0.05) is 6.54 Å². The standard InChI is InChI=1S/C10H10N/c1-2-5-9(6-3-1)10-7-4-8-11-10/h1-5,7,10-11H,8H2. The van der Waals surface area contributed by atoms with Crippen LogP contribution in [0.4, 0.5) is 0 Å². The zero-order chi connectivity index (χ0) is 7.52. The van der Waals surface area contributed by atoms with Crippen molar-refractivity contribution in [1.29, 1.82) is 0 Å². The van der Waals surface area contributed by atoms with Gasteiger partial charge in [-0.25, -0.2) is 0 Å². The minimum atomic E-state index is 0.385. The molecule has 2 rings (SSSR count). The van der Waals surface area contributed by atoms with Crippen molar-refractivity contribution < 1.29 is 0 Å². The third-order valence-electron chi connectivity index (χ3n) is 1.85. The number of rotatable bonds is 1. The summed E-state index contributed by atoms with van der Waals surface area (Å²) in [5.41, 5.74) is 1.22. The van der Waals surface area contributed by atoms with Crippen LogP contribution in [0.2, 0.25) is 0 Å². The quantitative estimate of drug-likeness (QED) is 0.591. The average molecular weight is 144 g/mol. The molecule has 1 aliphatic rings. The molecule has 1 radical (unpaired) electrons. The molecule has 0 aromatic heterocycles. The van der Waals surface area contributed by atoms with E-state index in [0.717, 1.165) is 6.54 Å². The van der Waals surface area contributed by atoms with E-state index >= 15 is 0 Å². The molecule has 0 fully saturated rings. The third kappa shape index (κ3) is 1.33. The van der Waals surface area contributed by atoms with Gasteiger partial charge in [-0.15, -0.1) is 0 Å². The van der Waals surface area contributed by atoms with Crippen molar-refractivity contribution in [2.24, 2.45) is 0 Å². The van der Waals surface area contributed by atoms with Crippen LogP contribution in [0.5, 0.6) is 0 Å². The summed E-state index contributed by atoms with van der Waals surface area (Å²) in [6.45, 7) is 0.980. The van der Waals surface area contributed by atoms with Crippen LogP contribution in [-0.2, 0) is 0 Å². The molecular weight excluding hydrogens is 134 g/mol. The molecule has 1 atom stereocenters. The summed E-state index contributed by atoms with van der Waals surface area (Å²) < 4.78 is 0. The van der Waals surface area contributed by atoms with E-state index in [-0.39, 0.29) is 0 Å². The highest BCUT2D eigenvalue weighted by Crippen LogP contribution is 2.15. The van der Waals surface area contributed by atoms with Gasteiger partial charge in [0.2, 0.25) is 0 Å². The predicted molar refractivity (Wildman–Crippen MR) is 45.2 cm³/mol. The van der Waals surface area contributed by atoms with Crippen molar-refractivity contribution in [2.45, 2.75) is 6.04 Å². The van der Waals surface area contributed by atoms with E-state index in [1.807, 2.05) is 18.2 Å². The Balaban J connectivity index is 2.23. The Morgan fingerprint density at radius 2 is 2.45 bits per heavy atom. The van der Waals surface area contributed by atoms with E-state index in [1.54, 1.807) is 0 Å². The summed E-state index contributed by atoms with van der Waals surface area (Å²) in [5.74, 6) is 0. The zero-order valence-electron chi connectivity index (χ0n) is 6.25. The van der Waals surface area contributed by atoms with Gasteiger partial charge in [-0.05, 0) is 11.6 Å². The fraction of sp³-hybridized carbons (Fsp3) is 0.200. The van der Waals surface area contributed by atoms with Crippen LogP contribution in [0.25, 0.3) is 0 Å². The Bertz CT molecular complexity index is 251. The number of hydrogen-bond donors (Lipinski definition) is 1. The normalized spacial score (nSPS) is 22.4. The first-order valence-corrected chi connectivity index (χ1v) is 3.83. The van der Waals surface area contributed by atoms with Crippen molar-refractivity contribution in [2.75, 3.05) is 6.54 Å². The Labute approximate surface area is 66.7 Å². The molecule has 0 saturated heterocycles. The number of benzene rings is 1. The largest absolute Gasteiger partial charge is 0.303 e. The fourth-order valence-corrected chi connectivity index (χ4v) is 1.28. The lowest BCUT2D eigenvalue weighted by Crippen LogP contribution is -2.13. The number of nitrogens with one attached hydrogen (secondary N) is 1. The molecule has 1 nitrogen and oxygen atoms in total. The maximum absolute atomic E-state index is 3.33. The maximum Gasteiger partial charge on any atom is 0.0515 e. The van der Waals surface area contributed by atoms with Gasteiger partial charge in [0.25, 0.3) is 0 Å². The molecule has 0 amide bonds. The zero-order valence-corrected chi connectivity index (χ0v) is 6.25. The molecule has 1 N–H and O–H groups in total. The molecule has 0 bridgehead atoms. The molecule has 55 valence electrons. The summed E-state index contributed by atoms with van der Waals surface area (Å²) in [4.78, 5) is 0. The van der Waals surface area contributed by atoms with Crippen LogP contribution < -0.4 is 5.32 Å². The molecular formula is C10H10N. The second-order valence-electron chi connectivity index (χ2n) is 2.63. The summed E-state index contributed by atoms with van der Waals surface area (Å²) >= 11 is 0. The molecule has 1 heteroatoms. The van der Waals surface area contributed by atoms with Crippen LogP contribution >= 0.6 is 0 Å². The minimum absolute atomic E-state index is 0.385. The molecule has 1 aromatic rings. The van der Waals surface area contributed by atoms with Crippen molar-refractivity contribution in [3.63, 3.8) is 0 Å². The average Bonchev–Trinajstić information content (AvgIpc) is 2.58. The first-order valence-electron chi connectivity index (χ1n) is 3.83. The third-order valence-corrected chi connectivity index (χ3v) is 1.85. The smallest absolute Gasteiger partial charge is 0.0515 e. The Morgan fingerprint density at radius 3 is 3.09 bits per heavy atom. The van der Waals surface area contributed by atoms with Gasteiger partial charge in [0.1, 0.15) is 0 Å². The van der Waals surface area contributed by atoms with Gasteiger partial charge in [0.15, 0.2) is 0 Å². The van der Waals surface area contributed by atoms with Gasteiger partial charge < -0.3 is 5.32 Å². The first kappa shape index (κ1) is 6.62. The van der Waals surface area contributed by atoms with Crippen LogP contribution in [0.15, 0.2) is 36.4 Å². The summed E-state index contributed by atoms with van der Waals surface area (Å²) in [6.07, 6.45) is 4.32. The molecule has 1 unspecified atom stereocenters. The van der Waals surface area contributed by atoms with Crippen LogP contribution in [0, 0.1) is 6.07 Å². The highest BCUT2D eigenvalue weighted by atomic mass is 14.9. The molecule has 11 heavy (non-hydrogen) atoms. The van der Waals surface area contributed by atoms with Crippen molar-refractivity contribution >= 4 is 0 Å². The lowest BCUT2D eigenvalue weighted by atomic mass is 10.1. The van der Waals surface area contributed by atoms with Gasteiger partial charge in [0.05, 0.1) is 6.04 Å². The van der Waals surface area contributed by atoms with E-state index in [1.165, 1.54) is 5.56 Å². The van der Waals surface area contributed by atoms with Crippen molar-refractivity contribution in [3.05, 3.63) is 48.0 Å². The second-order valence-corrected chi connectivity index (χ2v) is 2.63. The molecule has 0 aliphatic carbocycles. The van der Waals surface area contributed by atoms with Gasteiger partial charge >= 0.3 is 0 Å². The maximum atomic E-state index is 3.33. The van der Waals surface area contributed by atoms with E-state index in [9.17, 15) is 0 Å². The highest BCUT2D eigenvalue weighted by molar-refractivity contribution is 5.23. The van der Waals surface area contributed by atoms with Crippen LogP contribution in [0.3, 0.4) is 0 Å². The summed E-state index contributed by atoms with van der Waals surface area (Å²) in [7, 11) is 0. The highest BCUT2D eigenvalue weighted by Gasteiger charge is 2.08. The molecule has 0 spiro atoms. The van der Waals surface area contributed by atoms with Crippen LogP contribution in [0.1, 0.15) is 11.6 Å². The van der Waals surface area contributed by atoms with Gasteiger partial charge in [-0.3, -0.25) is 0 Å². The van der Waals surface area contributed by atoms with E-state index in [0.29, 0.717) is 6.04 Å². The molecule has 1 aromatic carbocycles. The van der Waals surface area contributed by atoms with Crippen molar-refractivity contribution in [1.82, 2.24) is 5.32 Å². The Morgan fingerprint density at radius 1 is 1.45 bits per heavy atom. The molecule has 0 saturated carbocycles. The lowest BCUT2D eigenvalue weighted by Gasteiger charge is -2.07. The fourth-order valence-electron chi connectivity index (χ4n) is 1.28. The van der Waals surface area contributed by atoms with Crippen molar-refractivity contribution in [3.8, 4) is 0 Å². The van der Waals surface area contributed by atoms with Gasteiger partial charge in [-0.1, -0.05) is 36.4 Å².